The number of rotatable bonds is 7. The number of para-hydroxylation sites is 1. The fourth-order valence-corrected chi connectivity index (χ4v) is 2.77. The van der Waals surface area contributed by atoms with Gasteiger partial charge in [0.05, 0.1) is 6.21 Å². The Morgan fingerprint density at radius 2 is 1.70 bits per heavy atom. The molecule has 0 fully saturated rings. The molecule has 0 saturated carbocycles. The third-order valence-electron chi connectivity index (χ3n) is 4.34. The number of hydrazone groups is 1. The topological polar surface area (TPSA) is 79.8 Å². The molecule has 2 N–H and O–H groups in total. The highest BCUT2D eigenvalue weighted by Crippen LogP contribution is 2.15. The molecule has 0 aromatic heterocycles. The lowest BCUT2D eigenvalue weighted by Crippen LogP contribution is -2.32. The summed E-state index contributed by atoms with van der Waals surface area (Å²) in [5.74, 6) is -0.926. The highest BCUT2D eigenvalue weighted by atomic mass is 16.5. The van der Waals surface area contributed by atoms with Crippen molar-refractivity contribution in [3.63, 3.8) is 0 Å². The first-order valence-electron chi connectivity index (χ1n) is 9.65. The van der Waals surface area contributed by atoms with E-state index in [4.69, 9.17) is 4.74 Å². The first kappa shape index (κ1) is 20.8. The Labute approximate surface area is 175 Å². The Hall–Kier alpha value is -3.93. The van der Waals surface area contributed by atoms with Crippen LogP contribution < -0.4 is 15.5 Å². The molecular formula is C24H23N3O3. The highest BCUT2D eigenvalue weighted by molar-refractivity contribution is 6.39. The van der Waals surface area contributed by atoms with Gasteiger partial charge in [-0.2, -0.15) is 5.10 Å². The maximum absolute atomic E-state index is 12.1. The SMILES string of the molecule is CCc1ccccc1NC(=O)C(=O)NN=Cc1cccc(OCc2ccccc2)c1. The van der Waals surface area contributed by atoms with Crippen molar-refractivity contribution in [2.24, 2.45) is 5.10 Å². The van der Waals surface area contributed by atoms with Gasteiger partial charge in [-0.3, -0.25) is 9.59 Å². The maximum atomic E-state index is 12.1. The van der Waals surface area contributed by atoms with Crippen molar-refractivity contribution in [2.75, 3.05) is 5.32 Å². The fourth-order valence-electron chi connectivity index (χ4n) is 2.77. The molecule has 0 aliphatic heterocycles. The van der Waals surface area contributed by atoms with Crippen molar-refractivity contribution in [1.82, 2.24) is 5.43 Å². The molecule has 3 aromatic carbocycles. The van der Waals surface area contributed by atoms with Crippen LogP contribution in [0.2, 0.25) is 0 Å². The van der Waals surface area contributed by atoms with E-state index in [1.165, 1.54) is 6.21 Å². The summed E-state index contributed by atoms with van der Waals surface area (Å²) in [7, 11) is 0. The van der Waals surface area contributed by atoms with Crippen LogP contribution in [0.25, 0.3) is 0 Å². The number of nitrogens with zero attached hydrogens (tertiary/aromatic N) is 1. The number of carbonyl (C=O) groups excluding carboxylic acids is 2. The van der Waals surface area contributed by atoms with Crippen LogP contribution in [0, 0.1) is 0 Å². The van der Waals surface area contributed by atoms with Crippen LogP contribution in [0.5, 0.6) is 5.75 Å². The summed E-state index contributed by atoms with van der Waals surface area (Å²) >= 11 is 0. The van der Waals surface area contributed by atoms with Gasteiger partial charge in [-0.05, 0) is 41.3 Å². The van der Waals surface area contributed by atoms with E-state index in [2.05, 4.69) is 15.8 Å². The Morgan fingerprint density at radius 1 is 0.933 bits per heavy atom. The number of carbonyl (C=O) groups is 2. The smallest absolute Gasteiger partial charge is 0.329 e. The molecule has 152 valence electrons. The quantitative estimate of drug-likeness (QED) is 0.358. The van der Waals surface area contributed by atoms with Crippen molar-refractivity contribution < 1.29 is 14.3 Å². The number of anilines is 1. The Kier molecular flexibility index (Phi) is 7.33. The van der Waals surface area contributed by atoms with Gasteiger partial charge in [0.2, 0.25) is 0 Å². The average molecular weight is 401 g/mol. The summed E-state index contributed by atoms with van der Waals surface area (Å²) < 4.78 is 5.77. The van der Waals surface area contributed by atoms with Crippen molar-refractivity contribution in [1.29, 1.82) is 0 Å². The first-order chi connectivity index (χ1) is 14.7. The normalized spacial score (nSPS) is 10.6. The number of benzene rings is 3. The number of nitrogens with one attached hydrogen (secondary N) is 2. The second kappa shape index (κ2) is 10.6. The molecular weight excluding hydrogens is 378 g/mol. The zero-order valence-electron chi connectivity index (χ0n) is 16.7. The molecule has 3 rings (SSSR count). The van der Waals surface area contributed by atoms with Crippen molar-refractivity contribution in [2.45, 2.75) is 20.0 Å². The van der Waals surface area contributed by atoms with E-state index in [1.807, 2.05) is 67.6 Å². The third-order valence-corrected chi connectivity index (χ3v) is 4.34. The molecule has 0 bridgehead atoms. The van der Waals surface area contributed by atoms with Crippen LogP contribution in [-0.2, 0) is 22.6 Å². The van der Waals surface area contributed by atoms with E-state index in [0.29, 0.717) is 18.0 Å². The largest absolute Gasteiger partial charge is 0.489 e. The molecule has 0 atom stereocenters. The van der Waals surface area contributed by atoms with E-state index in [1.54, 1.807) is 18.2 Å². The van der Waals surface area contributed by atoms with Crippen LogP contribution in [-0.4, -0.2) is 18.0 Å². The molecule has 6 nitrogen and oxygen atoms in total. The van der Waals surface area contributed by atoms with Gasteiger partial charge in [0.15, 0.2) is 0 Å². The summed E-state index contributed by atoms with van der Waals surface area (Å²) in [6.45, 7) is 2.44. The number of aryl methyl sites for hydroxylation is 1. The van der Waals surface area contributed by atoms with Gasteiger partial charge >= 0.3 is 11.8 Å². The van der Waals surface area contributed by atoms with Gasteiger partial charge in [-0.25, -0.2) is 5.43 Å². The number of hydrogen-bond acceptors (Lipinski definition) is 4. The van der Waals surface area contributed by atoms with Crippen LogP contribution in [0.3, 0.4) is 0 Å². The van der Waals surface area contributed by atoms with Gasteiger partial charge in [0.25, 0.3) is 0 Å². The summed E-state index contributed by atoms with van der Waals surface area (Å²) in [4.78, 5) is 24.1. The van der Waals surface area contributed by atoms with E-state index in [9.17, 15) is 9.59 Å². The maximum Gasteiger partial charge on any atom is 0.329 e. The Bertz CT molecular complexity index is 1030. The van der Waals surface area contributed by atoms with Crippen molar-refractivity contribution in [3.05, 3.63) is 95.6 Å². The minimum atomic E-state index is -0.839. The lowest BCUT2D eigenvalue weighted by atomic mass is 10.1. The highest BCUT2D eigenvalue weighted by Gasteiger charge is 2.14. The van der Waals surface area contributed by atoms with Gasteiger partial charge < -0.3 is 10.1 Å². The predicted molar refractivity (Wildman–Crippen MR) is 117 cm³/mol. The molecule has 30 heavy (non-hydrogen) atoms. The number of ether oxygens (including phenoxy) is 1. The average Bonchev–Trinajstić information content (AvgIpc) is 2.79. The zero-order valence-corrected chi connectivity index (χ0v) is 16.7. The Balaban J connectivity index is 1.53. The van der Waals surface area contributed by atoms with Crippen LogP contribution in [0.15, 0.2) is 84.0 Å². The summed E-state index contributed by atoms with van der Waals surface area (Å²) in [6.07, 6.45) is 2.21. The van der Waals surface area contributed by atoms with Gasteiger partial charge in [0, 0.05) is 5.69 Å². The minimum absolute atomic E-state index is 0.456. The molecule has 3 aromatic rings. The van der Waals surface area contributed by atoms with Crippen molar-refractivity contribution >= 4 is 23.7 Å². The molecule has 0 aliphatic carbocycles. The standard InChI is InChI=1S/C24H23N3O3/c1-2-20-12-6-7-14-22(20)26-23(28)24(29)27-25-16-19-11-8-13-21(15-19)30-17-18-9-4-3-5-10-18/h3-16H,2,17H2,1H3,(H,26,28)(H,27,29). The predicted octanol–water partition coefficient (Wildman–Crippen LogP) is 3.92. The van der Waals surface area contributed by atoms with E-state index in [0.717, 1.165) is 23.1 Å². The lowest BCUT2D eigenvalue weighted by molar-refractivity contribution is -0.136. The zero-order chi connectivity index (χ0) is 21.2. The molecule has 0 radical (unpaired) electrons. The molecule has 6 heteroatoms. The summed E-state index contributed by atoms with van der Waals surface area (Å²) in [5.41, 5.74) is 5.62. The molecule has 0 aliphatic rings. The lowest BCUT2D eigenvalue weighted by Gasteiger charge is -2.08. The number of hydrogen-bond donors (Lipinski definition) is 2. The molecule has 0 saturated heterocycles. The second-order valence-corrected chi connectivity index (χ2v) is 6.51. The van der Waals surface area contributed by atoms with Gasteiger partial charge in [-0.1, -0.05) is 67.6 Å². The molecule has 0 spiro atoms. The summed E-state index contributed by atoms with van der Waals surface area (Å²) in [6, 6.07) is 24.5. The molecule has 0 unspecified atom stereocenters. The van der Waals surface area contributed by atoms with E-state index < -0.39 is 11.8 Å². The fraction of sp³-hybridized carbons (Fsp3) is 0.125. The number of amides is 2. The summed E-state index contributed by atoms with van der Waals surface area (Å²) in [5, 5.41) is 6.47. The van der Waals surface area contributed by atoms with Crippen molar-refractivity contribution in [3.8, 4) is 5.75 Å². The van der Waals surface area contributed by atoms with E-state index in [-0.39, 0.29) is 0 Å². The van der Waals surface area contributed by atoms with Gasteiger partial charge in [0.1, 0.15) is 12.4 Å². The van der Waals surface area contributed by atoms with Crippen LogP contribution in [0.1, 0.15) is 23.6 Å². The molecule has 0 heterocycles. The monoisotopic (exact) mass is 401 g/mol. The second-order valence-electron chi connectivity index (χ2n) is 6.51. The van der Waals surface area contributed by atoms with E-state index >= 15 is 0 Å². The Morgan fingerprint density at radius 3 is 2.50 bits per heavy atom. The van der Waals surface area contributed by atoms with Crippen LogP contribution in [0.4, 0.5) is 5.69 Å². The molecule has 2 amide bonds. The minimum Gasteiger partial charge on any atom is -0.489 e. The first-order valence-corrected chi connectivity index (χ1v) is 9.65. The third kappa shape index (κ3) is 6.04. The van der Waals surface area contributed by atoms with Gasteiger partial charge in [-0.15, -0.1) is 0 Å². The van der Waals surface area contributed by atoms with Crippen LogP contribution >= 0.6 is 0 Å².